The molecule has 0 fully saturated rings. The van der Waals surface area contributed by atoms with Crippen molar-refractivity contribution in [1.82, 2.24) is 15.0 Å². The molecule has 0 unspecified atom stereocenters. The molecule has 1 aromatic carbocycles. The number of nitrogens with zero attached hydrogens (tertiary/aromatic N) is 4. The fourth-order valence-corrected chi connectivity index (χ4v) is 2.27. The number of nitrogens with one attached hydrogen (secondary N) is 1. The van der Waals surface area contributed by atoms with Gasteiger partial charge in [0.1, 0.15) is 5.75 Å². The van der Waals surface area contributed by atoms with Gasteiger partial charge in [0.25, 0.3) is 5.91 Å². The van der Waals surface area contributed by atoms with Crippen LogP contribution in [0.25, 0.3) is 0 Å². The Morgan fingerprint density at radius 3 is 2.85 bits per heavy atom. The summed E-state index contributed by atoms with van der Waals surface area (Å²) in [6, 6.07) is 6.98. The minimum atomic E-state index is -0.960. The molecule has 0 saturated heterocycles. The van der Waals surface area contributed by atoms with Crippen molar-refractivity contribution in [2.24, 2.45) is 0 Å². The first-order valence-corrected chi connectivity index (χ1v) is 7.82. The predicted molar refractivity (Wildman–Crippen MR) is 92.5 cm³/mol. The first-order chi connectivity index (χ1) is 12.4. The molecule has 1 atom stereocenters. The zero-order valence-corrected chi connectivity index (χ0v) is 14.3. The summed E-state index contributed by atoms with van der Waals surface area (Å²) in [7, 11) is 3.50. The Hall–Kier alpha value is -3.43. The highest BCUT2D eigenvalue weighted by Gasteiger charge is 2.30. The van der Waals surface area contributed by atoms with Crippen molar-refractivity contribution in [2.45, 2.75) is 19.1 Å². The van der Waals surface area contributed by atoms with Crippen LogP contribution in [0.2, 0.25) is 0 Å². The van der Waals surface area contributed by atoms with E-state index in [1.807, 2.05) is 0 Å². The number of amides is 1. The number of anilines is 3. The van der Waals surface area contributed by atoms with Crippen LogP contribution in [0.15, 0.2) is 24.3 Å². The van der Waals surface area contributed by atoms with E-state index in [4.69, 9.17) is 15.2 Å². The number of aromatic nitrogens is 3. The van der Waals surface area contributed by atoms with E-state index in [9.17, 15) is 9.59 Å². The summed E-state index contributed by atoms with van der Waals surface area (Å²) in [4.78, 5) is 37.7. The van der Waals surface area contributed by atoms with E-state index < -0.39 is 18.0 Å². The van der Waals surface area contributed by atoms with Gasteiger partial charge in [-0.15, -0.1) is 0 Å². The number of nitrogens with two attached hydrogens (primary N) is 1. The van der Waals surface area contributed by atoms with E-state index in [1.54, 1.807) is 43.3 Å². The third-order valence-corrected chi connectivity index (χ3v) is 3.51. The second kappa shape index (κ2) is 7.21. The van der Waals surface area contributed by atoms with Crippen LogP contribution in [-0.4, -0.2) is 47.0 Å². The Balaban J connectivity index is 1.59. The molecule has 10 heteroatoms. The normalized spacial score (nSPS) is 15.5. The van der Waals surface area contributed by atoms with Gasteiger partial charge in [-0.05, 0) is 12.1 Å². The summed E-state index contributed by atoms with van der Waals surface area (Å²) >= 11 is 0. The Bertz CT molecular complexity index is 841. The highest BCUT2D eigenvalue weighted by atomic mass is 16.5. The maximum atomic E-state index is 12.1. The standard InChI is InChI=1S/C16H18N6O4/c1-22(2)16-20-12(19-15(17)21-16)8-25-13(23)7-11-14(24)18-9-5-3-4-6-10(9)26-11/h3-6,11H,7-8H2,1-2H3,(H,18,24)(H2,17,19,20,21)/t11-/m0/s1. The number of hydrogen-bond acceptors (Lipinski definition) is 9. The van der Waals surface area contributed by atoms with Crippen LogP contribution >= 0.6 is 0 Å². The maximum Gasteiger partial charge on any atom is 0.310 e. The Morgan fingerprint density at radius 2 is 2.08 bits per heavy atom. The van der Waals surface area contributed by atoms with Crippen LogP contribution in [0.1, 0.15) is 12.2 Å². The second-order valence-electron chi connectivity index (χ2n) is 5.76. The molecular weight excluding hydrogens is 340 g/mol. The molecule has 2 heterocycles. The quantitative estimate of drug-likeness (QED) is 0.726. The molecule has 2 aromatic rings. The van der Waals surface area contributed by atoms with Crippen molar-refractivity contribution in [3.8, 4) is 5.75 Å². The number of ether oxygens (including phenoxy) is 2. The summed E-state index contributed by atoms with van der Waals surface area (Å²) < 4.78 is 10.7. The minimum absolute atomic E-state index is 0.0290. The molecule has 0 radical (unpaired) electrons. The van der Waals surface area contributed by atoms with Gasteiger partial charge in [0.05, 0.1) is 12.1 Å². The van der Waals surface area contributed by atoms with Crippen LogP contribution in [0, 0.1) is 0 Å². The molecule has 26 heavy (non-hydrogen) atoms. The van der Waals surface area contributed by atoms with Gasteiger partial charge in [0.2, 0.25) is 11.9 Å². The number of carbonyl (C=O) groups excluding carboxylic acids is 2. The van der Waals surface area contributed by atoms with E-state index in [1.165, 1.54) is 0 Å². The number of nitrogen functional groups attached to an aromatic ring is 1. The summed E-state index contributed by atoms with van der Waals surface area (Å²) in [5.74, 6) is 0.0889. The summed E-state index contributed by atoms with van der Waals surface area (Å²) in [6.45, 7) is -0.183. The monoisotopic (exact) mass is 358 g/mol. The topological polar surface area (TPSA) is 133 Å². The number of para-hydroxylation sites is 2. The van der Waals surface area contributed by atoms with E-state index in [0.29, 0.717) is 17.4 Å². The summed E-state index contributed by atoms with van der Waals surface area (Å²) in [5.41, 5.74) is 6.18. The zero-order chi connectivity index (χ0) is 18.7. The SMILES string of the molecule is CN(C)c1nc(N)nc(COC(=O)C[C@@H]2Oc3ccccc3NC2=O)n1. The maximum absolute atomic E-state index is 12.1. The lowest BCUT2D eigenvalue weighted by molar-refractivity contribution is -0.149. The van der Waals surface area contributed by atoms with E-state index in [-0.39, 0.29) is 24.8 Å². The minimum Gasteiger partial charge on any atom is -0.478 e. The molecule has 3 rings (SSSR count). The van der Waals surface area contributed by atoms with E-state index in [0.717, 1.165) is 0 Å². The number of hydrogen-bond donors (Lipinski definition) is 2. The molecule has 10 nitrogen and oxygen atoms in total. The highest BCUT2D eigenvalue weighted by Crippen LogP contribution is 2.29. The van der Waals surface area contributed by atoms with Crippen LogP contribution in [0.4, 0.5) is 17.6 Å². The molecule has 3 N–H and O–H groups in total. The van der Waals surface area contributed by atoms with Crippen LogP contribution < -0.4 is 20.7 Å². The van der Waals surface area contributed by atoms with Crippen molar-refractivity contribution < 1.29 is 19.1 Å². The number of fused-ring (bicyclic) bond motifs is 1. The van der Waals surface area contributed by atoms with Crippen molar-refractivity contribution >= 4 is 29.5 Å². The lowest BCUT2D eigenvalue weighted by Crippen LogP contribution is -2.38. The average molecular weight is 358 g/mol. The second-order valence-corrected chi connectivity index (χ2v) is 5.76. The van der Waals surface area contributed by atoms with E-state index >= 15 is 0 Å². The smallest absolute Gasteiger partial charge is 0.310 e. The van der Waals surface area contributed by atoms with Crippen molar-refractivity contribution in [1.29, 1.82) is 0 Å². The largest absolute Gasteiger partial charge is 0.478 e. The van der Waals surface area contributed by atoms with Gasteiger partial charge >= 0.3 is 5.97 Å². The third-order valence-electron chi connectivity index (χ3n) is 3.51. The fraction of sp³-hybridized carbons (Fsp3) is 0.312. The Kier molecular flexibility index (Phi) is 4.83. The van der Waals surface area contributed by atoms with Crippen molar-refractivity contribution in [2.75, 3.05) is 30.0 Å². The number of benzene rings is 1. The number of carbonyl (C=O) groups is 2. The molecule has 0 bridgehead atoms. The predicted octanol–water partition coefficient (Wildman–Crippen LogP) is 0.353. The molecule has 0 saturated carbocycles. The number of esters is 1. The summed E-state index contributed by atoms with van der Waals surface area (Å²) in [5, 5.41) is 2.69. The first kappa shape index (κ1) is 17.4. The molecular formula is C16H18N6O4. The molecule has 0 spiro atoms. The van der Waals surface area contributed by atoms with Crippen molar-refractivity contribution in [3.63, 3.8) is 0 Å². The van der Waals surface area contributed by atoms with Gasteiger partial charge in [-0.3, -0.25) is 9.59 Å². The molecule has 1 amide bonds. The zero-order valence-electron chi connectivity index (χ0n) is 14.3. The van der Waals surface area contributed by atoms with Crippen molar-refractivity contribution in [3.05, 3.63) is 30.1 Å². The fourth-order valence-electron chi connectivity index (χ4n) is 2.27. The van der Waals surface area contributed by atoms with Gasteiger partial charge in [-0.2, -0.15) is 15.0 Å². The van der Waals surface area contributed by atoms with Crippen LogP contribution in [0.3, 0.4) is 0 Å². The average Bonchev–Trinajstić information content (AvgIpc) is 2.60. The van der Waals surface area contributed by atoms with Gasteiger partial charge in [-0.25, -0.2) is 0 Å². The van der Waals surface area contributed by atoms with Gasteiger partial charge < -0.3 is 25.4 Å². The van der Waals surface area contributed by atoms with Crippen LogP contribution in [-0.2, 0) is 20.9 Å². The highest BCUT2D eigenvalue weighted by molar-refractivity contribution is 5.99. The van der Waals surface area contributed by atoms with E-state index in [2.05, 4.69) is 20.3 Å². The molecule has 1 aliphatic heterocycles. The van der Waals surface area contributed by atoms with Gasteiger partial charge in [0.15, 0.2) is 18.5 Å². The molecule has 1 aromatic heterocycles. The molecule has 136 valence electrons. The Morgan fingerprint density at radius 1 is 1.31 bits per heavy atom. The lowest BCUT2D eigenvalue weighted by atomic mass is 10.1. The third kappa shape index (κ3) is 3.97. The first-order valence-electron chi connectivity index (χ1n) is 7.82. The Labute approximate surface area is 149 Å². The van der Waals surface area contributed by atoms with Gasteiger partial charge in [-0.1, -0.05) is 12.1 Å². The molecule has 0 aliphatic carbocycles. The number of rotatable bonds is 5. The summed E-state index contributed by atoms with van der Waals surface area (Å²) in [6.07, 6.45) is -1.19. The lowest BCUT2D eigenvalue weighted by Gasteiger charge is -2.25. The van der Waals surface area contributed by atoms with Crippen LogP contribution in [0.5, 0.6) is 5.75 Å². The molecule has 1 aliphatic rings. The van der Waals surface area contributed by atoms with Gasteiger partial charge in [0, 0.05) is 14.1 Å².